The molecule has 2 aromatic carbocycles. The van der Waals surface area contributed by atoms with Crippen LogP contribution in [0.2, 0.25) is 5.02 Å². The summed E-state index contributed by atoms with van der Waals surface area (Å²) in [5.41, 5.74) is 3.14. The van der Waals surface area contributed by atoms with Crippen molar-refractivity contribution in [3.05, 3.63) is 59.1 Å². The third-order valence-corrected chi connectivity index (χ3v) is 3.83. The smallest absolute Gasteiger partial charge is 0.224 e. The molecule has 0 atom stereocenters. The van der Waals surface area contributed by atoms with E-state index >= 15 is 0 Å². The van der Waals surface area contributed by atoms with Gasteiger partial charge in [-0.25, -0.2) is 0 Å². The Hall–Kier alpha value is -2.00. The van der Waals surface area contributed by atoms with Crippen LogP contribution in [-0.4, -0.2) is 12.5 Å². The summed E-state index contributed by atoms with van der Waals surface area (Å²) >= 11 is 5.87. The second kappa shape index (κ2) is 9.21. The maximum absolute atomic E-state index is 11.7. The van der Waals surface area contributed by atoms with Gasteiger partial charge in [0.15, 0.2) is 0 Å². The highest BCUT2D eigenvalue weighted by Gasteiger charge is 2.01. The van der Waals surface area contributed by atoms with Crippen LogP contribution in [-0.2, 0) is 11.2 Å². The molecule has 23 heavy (non-hydrogen) atoms. The number of hydrogen-bond donors (Lipinski definition) is 2. The number of halogens is 1. The van der Waals surface area contributed by atoms with Crippen LogP contribution >= 0.6 is 11.6 Å². The van der Waals surface area contributed by atoms with Crippen molar-refractivity contribution in [3.8, 4) is 0 Å². The lowest BCUT2D eigenvalue weighted by Crippen LogP contribution is -2.11. The van der Waals surface area contributed by atoms with Crippen molar-refractivity contribution >= 4 is 28.9 Å². The normalized spacial score (nSPS) is 10.3. The molecule has 122 valence electrons. The Balaban J connectivity index is 1.76. The highest BCUT2D eigenvalue weighted by molar-refractivity contribution is 6.30. The van der Waals surface area contributed by atoms with E-state index in [1.54, 1.807) is 0 Å². The van der Waals surface area contributed by atoms with E-state index < -0.39 is 0 Å². The van der Waals surface area contributed by atoms with Gasteiger partial charge >= 0.3 is 0 Å². The zero-order valence-electron chi connectivity index (χ0n) is 13.4. The van der Waals surface area contributed by atoms with Gasteiger partial charge in [0.25, 0.3) is 0 Å². The predicted molar refractivity (Wildman–Crippen MR) is 98.2 cm³/mol. The molecule has 0 aromatic heterocycles. The molecule has 0 saturated heterocycles. The second-order valence-corrected chi connectivity index (χ2v) is 5.97. The van der Waals surface area contributed by atoms with Crippen molar-refractivity contribution in [2.24, 2.45) is 0 Å². The van der Waals surface area contributed by atoms with Crippen LogP contribution in [0.5, 0.6) is 0 Å². The lowest BCUT2D eigenvalue weighted by Gasteiger charge is -2.09. The van der Waals surface area contributed by atoms with E-state index in [1.807, 2.05) is 48.5 Å². The quantitative estimate of drug-likeness (QED) is 0.705. The Morgan fingerprint density at radius 3 is 2.30 bits per heavy atom. The number of anilines is 2. The molecule has 0 bridgehead atoms. The lowest BCUT2D eigenvalue weighted by atomic mass is 10.1. The number of nitrogens with one attached hydrogen (secondary N) is 2. The average Bonchev–Trinajstić information content (AvgIpc) is 2.56. The van der Waals surface area contributed by atoms with E-state index in [0.717, 1.165) is 42.2 Å². The summed E-state index contributed by atoms with van der Waals surface area (Å²) < 4.78 is 0. The minimum absolute atomic E-state index is 0.0790. The molecule has 0 aliphatic heterocycles. The van der Waals surface area contributed by atoms with E-state index in [2.05, 4.69) is 17.6 Å². The van der Waals surface area contributed by atoms with Crippen LogP contribution in [0.25, 0.3) is 0 Å². The summed E-state index contributed by atoms with van der Waals surface area (Å²) in [6, 6.07) is 15.7. The zero-order chi connectivity index (χ0) is 16.5. The molecule has 0 heterocycles. The van der Waals surface area contributed by atoms with Crippen LogP contribution in [0.4, 0.5) is 11.4 Å². The lowest BCUT2D eigenvalue weighted by molar-refractivity contribution is -0.116. The van der Waals surface area contributed by atoms with Gasteiger partial charge in [0.1, 0.15) is 0 Å². The van der Waals surface area contributed by atoms with Gasteiger partial charge in [-0.05, 0) is 54.8 Å². The van der Waals surface area contributed by atoms with Gasteiger partial charge in [-0.3, -0.25) is 4.79 Å². The molecule has 0 aliphatic rings. The Bertz CT molecular complexity index is 608. The number of rotatable bonds is 8. The van der Waals surface area contributed by atoms with E-state index in [9.17, 15) is 4.79 Å². The first-order valence-corrected chi connectivity index (χ1v) is 8.43. The SMILES string of the molecule is CCCCC(=O)Nc1ccc(NCCc2ccc(Cl)cc2)cc1. The maximum Gasteiger partial charge on any atom is 0.224 e. The first-order valence-electron chi connectivity index (χ1n) is 8.05. The number of carbonyl (C=O) groups is 1. The molecule has 2 rings (SSSR count). The number of hydrogen-bond acceptors (Lipinski definition) is 2. The van der Waals surface area contributed by atoms with E-state index in [0.29, 0.717) is 6.42 Å². The van der Waals surface area contributed by atoms with E-state index in [-0.39, 0.29) is 5.91 Å². The number of amides is 1. The van der Waals surface area contributed by atoms with Gasteiger partial charge in [0.05, 0.1) is 0 Å². The maximum atomic E-state index is 11.7. The molecule has 0 unspecified atom stereocenters. The molecule has 2 N–H and O–H groups in total. The Morgan fingerprint density at radius 1 is 1.00 bits per heavy atom. The van der Waals surface area contributed by atoms with Gasteiger partial charge in [-0.1, -0.05) is 37.1 Å². The highest BCUT2D eigenvalue weighted by Crippen LogP contribution is 2.15. The summed E-state index contributed by atoms with van der Waals surface area (Å²) in [6.45, 7) is 2.93. The first-order chi connectivity index (χ1) is 11.2. The summed E-state index contributed by atoms with van der Waals surface area (Å²) in [6.07, 6.45) is 3.48. The van der Waals surface area contributed by atoms with Crippen molar-refractivity contribution < 1.29 is 4.79 Å². The zero-order valence-corrected chi connectivity index (χ0v) is 14.2. The van der Waals surface area contributed by atoms with Gasteiger partial charge in [0.2, 0.25) is 5.91 Å². The molecule has 3 nitrogen and oxygen atoms in total. The highest BCUT2D eigenvalue weighted by atomic mass is 35.5. The van der Waals surface area contributed by atoms with Gasteiger partial charge in [-0.2, -0.15) is 0 Å². The second-order valence-electron chi connectivity index (χ2n) is 5.53. The van der Waals surface area contributed by atoms with Gasteiger partial charge in [-0.15, -0.1) is 0 Å². The Labute approximate surface area is 143 Å². The molecule has 0 saturated carbocycles. The van der Waals surface area contributed by atoms with Crippen molar-refractivity contribution in [3.63, 3.8) is 0 Å². The van der Waals surface area contributed by atoms with Gasteiger partial charge < -0.3 is 10.6 Å². The molecular weight excluding hydrogens is 308 g/mol. The first kappa shape index (κ1) is 17.4. The number of benzene rings is 2. The molecule has 0 spiro atoms. The molecular formula is C19H23ClN2O. The van der Waals surface area contributed by atoms with Crippen LogP contribution in [0, 0.1) is 0 Å². The van der Waals surface area contributed by atoms with Crippen LogP contribution < -0.4 is 10.6 Å². The Morgan fingerprint density at radius 2 is 1.65 bits per heavy atom. The van der Waals surface area contributed by atoms with Crippen molar-refractivity contribution in [1.82, 2.24) is 0 Å². The molecule has 0 fully saturated rings. The fourth-order valence-corrected chi connectivity index (χ4v) is 2.36. The molecule has 0 radical (unpaired) electrons. The fraction of sp³-hybridized carbons (Fsp3) is 0.316. The largest absolute Gasteiger partial charge is 0.385 e. The fourth-order valence-electron chi connectivity index (χ4n) is 2.23. The number of carbonyl (C=O) groups excluding carboxylic acids is 1. The summed E-state index contributed by atoms with van der Waals surface area (Å²) in [7, 11) is 0. The van der Waals surface area contributed by atoms with Crippen molar-refractivity contribution in [1.29, 1.82) is 0 Å². The summed E-state index contributed by atoms with van der Waals surface area (Å²) in [5, 5.41) is 7.05. The van der Waals surface area contributed by atoms with E-state index in [1.165, 1.54) is 5.56 Å². The molecule has 0 aliphatic carbocycles. The Kier molecular flexibility index (Phi) is 6.95. The standard InChI is InChI=1S/C19H23ClN2O/c1-2-3-4-19(23)22-18-11-9-17(10-12-18)21-14-13-15-5-7-16(20)8-6-15/h5-12,21H,2-4,13-14H2,1H3,(H,22,23). The topological polar surface area (TPSA) is 41.1 Å². The molecule has 4 heteroatoms. The molecule has 2 aromatic rings. The van der Waals surface area contributed by atoms with Crippen LogP contribution in [0.3, 0.4) is 0 Å². The van der Waals surface area contributed by atoms with Gasteiger partial charge in [0, 0.05) is 29.4 Å². The van der Waals surface area contributed by atoms with Crippen LogP contribution in [0.1, 0.15) is 31.7 Å². The number of unbranched alkanes of at least 4 members (excludes halogenated alkanes) is 1. The third-order valence-electron chi connectivity index (χ3n) is 3.58. The minimum Gasteiger partial charge on any atom is -0.385 e. The summed E-state index contributed by atoms with van der Waals surface area (Å²) in [5.74, 6) is 0.0790. The van der Waals surface area contributed by atoms with Crippen LogP contribution in [0.15, 0.2) is 48.5 Å². The van der Waals surface area contributed by atoms with E-state index in [4.69, 9.17) is 11.6 Å². The van der Waals surface area contributed by atoms with Crippen molar-refractivity contribution in [2.75, 3.05) is 17.2 Å². The third kappa shape index (κ3) is 6.33. The average molecular weight is 331 g/mol. The van der Waals surface area contributed by atoms with Crippen molar-refractivity contribution in [2.45, 2.75) is 32.6 Å². The predicted octanol–water partition coefficient (Wildman–Crippen LogP) is 5.12. The summed E-state index contributed by atoms with van der Waals surface area (Å²) in [4.78, 5) is 11.7. The molecule has 1 amide bonds. The minimum atomic E-state index is 0.0790. The monoisotopic (exact) mass is 330 g/mol.